The van der Waals surface area contributed by atoms with Gasteiger partial charge in [0.25, 0.3) is 0 Å². The van der Waals surface area contributed by atoms with E-state index in [2.05, 4.69) is 0 Å². The van der Waals surface area contributed by atoms with Gasteiger partial charge in [-0.1, -0.05) is 18.2 Å². The number of halogens is 3. The quantitative estimate of drug-likeness (QED) is 0.269. The predicted octanol–water partition coefficient (Wildman–Crippen LogP) is 4.56. The molecule has 0 saturated heterocycles. The molecule has 0 bridgehead atoms. The summed E-state index contributed by atoms with van der Waals surface area (Å²) in [5.74, 6) is 0.265. The number of hydrogen-bond acceptors (Lipinski definition) is 5. The Kier molecular flexibility index (Phi) is 8.71. The molecular weight excluding hydrogens is 365 g/mol. The molecule has 0 aliphatic rings. The predicted molar refractivity (Wildman–Crippen MR) is 93.5 cm³/mol. The van der Waals surface area contributed by atoms with E-state index in [4.69, 9.17) is 18.9 Å². The lowest BCUT2D eigenvalue weighted by molar-refractivity contribution is -0.142. The number of methoxy groups -OCH3 is 1. The number of alkyl halides is 3. The fourth-order valence-corrected chi connectivity index (χ4v) is 2.04. The van der Waals surface area contributed by atoms with E-state index in [1.54, 1.807) is 19.1 Å². The highest BCUT2D eigenvalue weighted by Gasteiger charge is 2.32. The van der Waals surface area contributed by atoms with Crippen molar-refractivity contribution in [1.82, 2.24) is 0 Å². The van der Waals surface area contributed by atoms with Gasteiger partial charge in [0, 0.05) is 18.6 Å². The Morgan fingerprint density at radius 1 is 1.30 bits per heavy atom. The summed E-state index contributed by atoms with van der Waals surface area (Å²) in [4.78, 5) is 11.7. The fourth-order valence-electron chi connectivity index (χ4n) is 2.04. The Morgan fingerprint density at radius 2 is 2.00 bits per heavy atom. The van der Waals surface area contributed by atoms with E-state index in [0.717, 1.165) is 6.08 Å². The van der Waals surface area contributed by atoms with Crippen molar-refractivity contribution >= 4 is 5.97 Å². The van der Waals surface area contributed by atoms with Gasteiger partial charge >= 0.3 is 12.1 Å². The Bertz CT molecular complexity index is 680. The first-order valence-corrected chi connectivity index (χ1v) is 8.26. The van der Waals surface area contributed by atoms with E-state index in [-0.39, 0.29) is 18.8 Å². The molecule has 0 spiro atoms. The number of hydrogen-bond donors (Lipinski definition) is 0. The van der Waals surface area contributed by atoms with Crippen molar-refractivity contribution in [1.29, 1.82) is 0 Å². The first-order valence-electron chi connectivity index (χ1n) is 8.26. The topological polar surface area (TPSA) is 54.0 Å². The summed E-state index contributed by atoms with van der Waals surface area (Å²) in [7, 11) is 1.46. The van der Waals surface area contributed by atoms with Crippen LogP contribution in [0.15, 0.2) is 42.2 Å². The summed E-state index contributed by atoms with van der Waals surface area (Å²) in [6, 6.07) is 4.78. The van der Waals surface area contributed by atoms with Gasteiger partial charge in [-0.2, -0.15) is 13.2 Å². The highest BCUT2D eigenvalue weighted by atomic mass is 19.4. The van der Waals surface area contributed by atoms with Gasteiger partial charge in [0.15, 0.2) is 0 Å². The van der Waals surface area contributed by atoms with Crippen molar-refractivity contribution in [2.45, 2.75) is 39.7 Å². The van der Waals surface area contributed by atoms with Crippen LogP contribution in [0.1, 0.15) is 26.3 Å². The summed E-state index contributed by atoms with van der Waals surface area (Å²) in [6.07, 6.45) is -2.89. The Balaban J connectivity index is 2.96. The normalized spacial score (nSPS) is 13.4. The average molecular weight is 388 g/mol. The molecule has 1 aromatic rings. The molecule has 150 valence electrons. The zero-order valence-corrected chi connectivity index (χ0v) is 15.6. The maximum atomic E-state index is 12.9. The van der Waals surface area contributed by atoms with Crippen LogP contribution in [0.3, 0.4) is 0 Å². The molecule has 1 aromatic carbocycles. The minimum Gasteiger partial charge on any atom is -0.497 e. The van der Waals surface area contributed by atoms with E-state index in [1.165, 1.54) is 33.1 Å². The van der Waals surface area contributed by atoms with Crippen LogP contribution < -0.4 is 9.47 Å². The highest BCUT2D eigenvalue weighted by molar-refractivity contribution is 5.73. The zero-order chi connectivity index (χ0) is 20.4. The number of carbonyl (C=O) groups excluding carboxylic acids is 1. The third-order valence-corrected chi connectivity index (χ3v) is 3.27. The van der Waals surface area contributed by atoms with Crippen LogP contribution in [0.25, 0.3) is 0 Å². The first-order chi connectivity index (χ1) is 12.7. The second-order valence-electron chi connectivity index (χ2n) is 5.35. The second kappa shape index (κ2) is 10.5. The molecule has 0 saturated carbocycles. The van der Waals surface area contributed by atoms with Crippen LogP contribution in [0.2, 0.25) is 0 Å². The summed E-state index contributed by atoms with van der Waals surface area (Å²) in [5, 5.41) is 0. The van der Waals surface area contributed by atoms with Gasteiger partial charge in [-0.05, 0) is 19.9 Å². The highest BCUT2D eigenvalue weighted by Crippen LogP contribution is 2.29. The molecule has 0 amide bonds. The summed E-state index contributed by atoms with van der Waals surface area (Å²) < 4.78 is 59.2. The smallest absolute Gasteiger partial charge is 0.419 e. The molecule has 0 radical (unpaired) electrons. The van der Waals surface area contributed by atoms with E-state index in [1.807, 2.05) is 0 Å². The van der Waals surface area contributed by atoms with E-state index >= 15 is 0 Å². The van der Waals surface area contributed by atoms with Gasteiger partial charge in [0.05, 0.1) is 32.0 Å². The van der Waals surface area contributed by atoms with Gasteiger partial charge < -0.3 is 18.9 Å². The largest absolute Gasteiger partial charge is 0.497 e. The van der Waals surface area contributed by atoms with Crippen LogP contribution in [-0.2, 0) is 20.7 Å². The number of carbonyl (C=O) groups is 1. The molecule has 27 heavy (non-hydrogen) atoms. The molecule has 0 fully saturated rings. The van der Waals surface area contributed by atoms with E-state index < -0.39 is 24.0 Å². The zero-order valence-electron chi connectivity index (χ0n) is 15.6. The lowest BCUT2D eigenvalue weighted by Crippen LogP contribution is -2.18. The number of esters is 1. The third-order valence-electron chi connectivity index (χ3n) is 3.27. The molecule has 5 nitrogen and oxygen atoms in total. The molecule has 0 aliphatic heterocycles. The lowest BCUT2D eigenvalue weighted by Gasteiger charge is -2.18. The number of ether oxygens (including phenoxy) is 4. The van der Waals surface area contributed by atoms with Crippen LogP contribution in [0, 0.1) is 0 Å². The minimum atomic E-state index is -4.54. The Morgan fingerprint density at radius 3 is 2.56 bits per heavy atom. The van der Waals surface area contributed by atoms with Gasteiger partial charge in [-0.3, -0.25) is 4.79 Å². The Hall–Kier alpha value is -2.64. The van der Waals surface area contributed by atoms with Crippen molar-refractivity contribution in [2.24, 2.45) is 0 Å². The average Bonchev–Trinajstić information content (AvgIpc) is 2.59. The van der Waals surface area contributed by atoms with Crippen LogP contribution in [-0.4, -0.2) is 32.2 Å². The molecule has 1 atom stereocenters. The van der Waals surface area contributed by atoms with Crippen molar-refractivity contribution in [3.63, 3.8) is 0 Å². The van der Waals surface area contributed by atoms with Crippen LogP contribution in [0.4, 0.5) is 13.2 Å². The summed E-state index contributed by atoms with van der Waals surface area (Å²) in [5.41, 5.74) is -0.448. The molecule has 1 rings (SSSR count). The first kappa shape index (κ1) is 22.4. The van der Waals surface area contributed by atoms with Gasteiger partial charge in [0.2, 0.25) is 6.29 Å². The number of allylic oxidation sites excluding steroid dienone is 3. The van der Waals surface area contributed by atoms with Crippen LogP contribution >= 0.6 is 0 Å². The van der Waals surface area contributed by atoms with Gasteiger partial charge in [-0.15, -0.1) is 0 Å². The van der Waals surface area contributed by atoms with Crippen molar-refractivity contribution in [2.75, 3.05) is 13.7 Å². The van der Waals surface area contributed by atoms with Crippen molar-refractivity contribution < 1.29 is 36.9 Å². The molecule has 0 aromatic heterocycles. The second-order valence-corrected chi connectivity index (χ2v) is 5.35. The maximum absolute atomic E-state index is 12.9. The molecule has 8 heteroatoms. The Labute approximate surface area is 156 Å². The monoisotopic (exact) mass is 388 g/mol. The summed E-state index contributed by atoms with van der Waals surface area (Å²) in [6.45, 7) is 4.83. The van der Waals surface area contributed by atoms with Crippen molar-refractivity contribution in [3.05, 3.63) is 47.7 Å². The summed E-state index contributed by atoms with van der Waals surface area (Å²) >= 11 is 0. The van der Waals surface area contributed by atoms with E-state index in [9.17, 15) is 18.0 Å². The number of benzene rings is 1. The standard InChI is InChI=1S/C19H23F3O5/c1-5-7-15(19(20,21)22)12-26-13(3)27-17-11-16(24-4)9-8-14(17)10-18(23)25-6-2/h5,7-9,11-13H,6,10H2,1-4H3/b7-5+,15-12+. The molecule has 0 aliphatic carbocycles. The van der Waals surface area contributed by atoms with E-state index in [0.29, 0.717) is 17.6 Å². The molecule has 1 unspecified atom stereocenters. The number of rotatable bonds is 9. The van der Waals surface area contributed by atoms with Crippen molar-refractivity contribution in [3.8, 4) is 11.5 Å². The van der Waals surface area contributed by atoms with Gasteiger partial charge in [-0.25, -0.2) is 0 Å². The molecular formula is C19H23F3O5. The minimum absolute atomic E-state index is 0.0535. The molecule has 0 heterocycles. The SMILES string of the molecule is C/C=C/C(=C\OC(C)Oc1cc(OC)ccc1CC(=O)OCC)C(F)(F)F. The molecule has 0 N–H and O–H groups in total. The lowest BCUT2D eigenvalue weighted by atomic mass is 10.1. The third kappa shape index (κ3) is 7.64. The van der Waals surface area contributed by atoms with Crippen LogP contribution in [0.5, 0.6) is 11.5 Å². The fraction of sp³-hybridized carbons (Fsp3) is 0.421. The van der Waals surface area contributed by atoms with Gasteiger partial charge in [0.1, 0.15) is 11.5 Å². The maximum Gasteiger partial charge on any atom is 0.419 e.